The number of nitrogens with zero attached hydrogens (tertiary/aromatic N) is 2. The Hall–Kier alpha value is -1.85. The molecule has 1 aliphatic carbocycles. The van der Waals surface area contributed by atoms with Crippen molar-refractivity contribution in [2.24, 2.45) is 5.41 Å². The highest BCUT2D eigenvalue weighted by molar-refractivity contribution is 6.36. The Bertz CT molecular complexity index is 805. The summed E-state index contributed by atoms with van der Waals surface area (Å²) in [4.78, 5) is 20.9. The lowest BCUT2D eigenvalue weighted by atomic mass is 9.76. The Morgan fingerprint density at radius 1 is 1.22 bits per heavy atom. The zero-order valence-electron chi connectivity index (χ0n) is 12.8. The van der Waals surface area contributed by atoms with E-state index in [-0.39, 0.29) is 17.0 Å². The van der Waals surface area contributed by atoms with Crippen LogP contribution < -0.4 is 11.1 Å². The SMILES string of the molecule is CC1(C)CC(=O)c2c(N)nc(Nc3ccc(Cl)cc3Cl)nc2C1. The number of aromatic nitrogens is 2. The van der Waals surface area contributed by atoms with E-state index in [1.165, 1.54) is 0 Å². The van der Waals surface area contributed by atoms with Gasteiger partial charge in [0.2, 0.25) is 5.95 Å². The predicted octanol–water partition coefficient (Wildman–Crippen LogP) is 4.26. The van der Waals surface area contributed by atoms with E-state index in [1.54, 1.807) is 18.2 Å². The summed E-state index contributed by atoms with van der Waals surface area (Å²) in [6.07, 6.45) is 1.12. The third kappa shape index (κ3) is 3.26. The predicted molar refractivity (Wildman–Crippen MR) is 92.6 cm³/mol. The molecule has 1 heterocycles. The number of fused-ring (bicyclic) bond motifs is 1. The van der Waals surface area contributed by atoms with Gasteiger partial charge in [-0.1, -0.05) is 37.0 Å². The molecule has 0 aliphatic heterocycles. The maximum Gasteiger partial charge on any atom is 0.229 e. The van der Waals surface area contributed by atoms with Crippen LogP contribution in [0.15, 0.2) is 18.2 Å². The summed E-state index contributed by atoms with van der Waals surface area (Å²) in [6.45, 7) is 4.07. The molecule has 5 nitrogen and oxygen atoms in total. The van der Waals surface area contributed by atoms with E-state index in [0.29, 0.717) is 45.8 Å². The van der Waals surface area contributed by atoms with Crippen molar-refractivity contribution in [2.45, 2.75) is 26.7 Å². The average molecular weight is 351 g/mol. The minimum Gasteiger partial charge on any atom is -0.383 e. The highest BCUT2D eigenvalue weighted by atomic mass is 35.5. The number of hydrogen-bond acceptors (Lipinski definition) is 5. The Balaban J connectivity index is 1.99. The minimum atomic E-state index is -0.139. The van der Waals surface area contributed by atoms with E-state index in [4.69, 9.17) is 28.9 Å². The highest BCUT2D eigenvalue weighted by Crippen LogP contribution is 2.36. The summed E-state index contributed by atoms with van der Waals surface area (Å²) < 4.78 is 0. The van der Waals surface area contributed by atoms with Crippen LogP contribution in [-0.4, -0.2) is 15.8 Å². The van der Waals surface area contributed by atoms with Crippen LogP contribution in [0.2, 0.25) is 10.0 Å². The first-order chi connectivity index (χ1) is 10.7. The molecule has 0 amide bonds. The zero-order chi connectivity index (χ0) is 16.8. The second-order valence-corrected chi connectivity index (χ2v) is 7.29. The molecule has 0 atom stereocenters. The quantitative estimate of drug-likeness (QED) is 0.845. The van der Waals surface area contributed by atoms with Crippen LogP contribution in [0.25, 0.3) is 0 Å². The summed E-state index contributed by atoms with van der Waals surface area (Å²) in [5.41, 5.74) is 7.57. The van der Waals surface area contributed by atoms with Crippen LogP contribution >= 0.6 is 23.2 Å². The molecule has 1 aliphatic rings. The number of anilines is 3. The topological polar surface area (TPSA) is 80.9 Å². The van der Waals surface area contributed by atoms with Gasteiger partial charge in [-0.2, -0.15) is 4.98 Å². The average Bonchev–Trinajstić information content (AvgIpc) is 2.39. The number of nitrogen functional groups attached to an aromatic ring is 1. The number of rotatable bonds is 2. The maximum atomic E-state index is 12.3. The van der Waals surface area contributed by atoms with Crippen LogP contribution in [0.4, 0.5) is 17.5 Å². The Morgan fingerprint density at radius 3 is 2.65 bits per heavy atom. The van der Waals surface area contributed by atoms with Crippen molar-refractivity contribution in [2.75, 3.05) is 11.1 Å². The van der Waals surface area contributed by atoms with Crippen molar-refractivity contribution in [1.29, 1.82) is 0 Å². The number of carbonyl (C=O) groups excluding carboxylic acids is 1. The van der Waals surface area contributed by atoms with Crippen molar-refractivity contribution in [1.82, 2.24) is 9.97 Å². The number of benzene rings is 1. The van der Waals surface area contributed by atoms with Gasteiger partial charge >= 0.3 is 0 Å². The Kier molecular flexibility index (Phi) is 3.94. The molecule has 0 spiro atoms. The molecular formula is C16H16Cl2N4O. The molecule has 23 heavy (non-hydrogen) atoms. The molecule has 7 heteroatoms. The van der Waals surface area contributed by atoms with Crippen molar-refractivity contribution < 1.29 is 4.79 Å². The van der Waals surface area contributed by atoms with Crippen LogP contribution in [-0.2, 0) is 6.42 Å². The summed E-state index contributed by atoms with van der Waals surface area (Å²) in [6, 6.07) is 5.07. The molecule has 1 aromatic carbocycles. The van der Waals surface area contributed by atoms with Crippen molar-refractivity contribution in [3.63, 3.8) is 0 Å². The normalized spacial score (nSPS) is 16.1. The van der Waals surface area contributed by atoms with E-state index in [0.717, 1.165) is 0 Å². The van der Waals surface area contributed by atoms with Gasteiger partial charge in [-0.3, -0.25) is 4.79 Å². The number of nitrogens with one attached hydrogen (secondary N) is 1. The molecule has 0 bridgehead atoms. The molecule has 120 valence electrons. The van der Waals surface area contributed by atoms with Crippen LogP contribution in [0.1, 0.15) is 36.3 Å². The molecular weight excluding hydrogens is 335 g/mol. The first kappa shape index (κ1) is 16.0. The van der Waals surface area contributed by atoms with Gasteiger partial charge in [0.25, 0.3) is 0 Å². The molecule has 0 radical (unpaired) electrons. The molecule has 3 rings (SSSR count). The largest absolute Gasteiger partial charge is 0.383 e. The smallest absolute Gasteiger partial charge is 0.229 e. The first-order valence-corrected chi connectivity index (χ1v) is 7.92. The van der Waals surface area contributed by atoms with Crippen molar-refractivity contribution in [3.8, 4) is 0 Å². The minimum absolute atomic E-state index is 0.00942. The van der Waals surface area contributed by atoms with Crippen molar-refractivity contribution >= 4 is 46.4 Å². The van der Waals surface area contributed by atoms with Gasteiger partial charge in [0.1, 0.15) is 5.82 Å². The van der Waals surface area contributed by atoms with E-state index >= 15 is 0 Å². The molecule has 0 unspecified atom stereocenters. The second kappa shape index (κ2) is 5.65. The van der Waals surface area contributed by atoms with Gasteiger partial charge in [0.05, 0.1) is 22.0 Å². The maximum absolute atomic E-state index is 12.3. The highest BCUT2D eigenvalue weighted by Gasteiger charge is 2.34. The molecule has 0 fully saturated rings. The summed E-state index contributed by atoms with van der Waals surface area (Å²) >= 11 is 12.0. The Morgan fingerprint density at radius 2 is 1.96 bits per heavy atom. The lowest BCUT2D eigenvalue weighted by Crippen LogP contribution is -2.29. The van der Waals surface area contributed by atoms with Gasteiger partial charge < -0.3 is 11.1 Å². The lowest BCUT2D eigenvalue weighted by molar-refractivity contribution is 0.0911. The van der Waals surface area contributed by atoms with Gasteiger partial charge in [-0.25, -0.2) is 4.98 Å². The second-order valence-electron chi connectivity index (χ2n) is 6.44. The fraction of sp³-hybridized carbons (Fsp3) is 0.312. The molecule has 3 N–H and O–H groups in total. The molecule has 1 aromatic heterocycles. The number of nitrogens with two attached hydrogens (primary N) is 1. The summed E-state index contributed by atoms with van der Waals surface area (Å²) in [5, 5.41) is 4.02. The van der Waals surface area contributed by atoms with Crippen LogP contribution in [0, 0.1) is 5.41 Å². The summed E-state index contributed by atoms with van der Waals surface area (Å²) in [5.74, 6) is 0.504. The lowest BCUT2D eigenvalue weighted by Gasteiger charge is -2.29. The number of Topliss-reactive ketones (excluding diaryl/α,β-unsaturated/α-hetero) is 1. The third-order valence-corrected chi connectivity index (χ3v) is 4.30. The number of ketones is 1. The van der Waals surface area contributed by atoms with E-state index in [9.17, 15) is 4.79 Å². The van der Waals surface area contributed by atoms with Gasteiger partial charge in [0, 0.05) is 11.4 Å². The zero-order valence-corrected chi connectivity index (χ0v) is 14.3. The molecule has 2 aromatic rings. The third-order valence-electron chi connectivity index (χ3n) is 3.75. The number of hydrogen-bond donors (Lipinski definition) is 2. The van der Waals surface area contributed by atoms with E-state index in [1.807, 2.05) is 13.8 Å². The standard InChI is InChI=1S/C16H16Cl2N4O/c1-16(2)6-11-13(12(23)7-16)14(19)22-15(21-11)20-10-4-3-8(17)5-9(10)18/h3-5H,6-7H2,1-2H3,(H3,19,20,21,22). The monoisotopic (exact) mass is 350 g/mol. The van der Waals surface area contributed by atoms with Crippen LogP contribution in [0.5, 0.6) is 0 Å². The van der Waals surface area contributed by atoms with E-state index < -0.39 is 0 Å². The van der Waals surface area contributed by atoms with Gasteiger partial charge in [0.15, 0.2) is 5.78 Å². The Labute approximate surface area is 144 Å². The molecule has 0 saturated heterocycles. The fourth-order valence-corrected chi connectivity index (χ4v) is 3.22. The molecule has 0 saturated carbocycles. The van der Waals surface area contributed by atoms with Crippen LogP contribution in [0.3, 0.4) is 0 Å². The van der Waals surface area contributed by atoms with E-state index in [2.05, 4.69) is 15.3 Å². The fourth-order valence-electron chi connectivity index (χ4n) is 2.76. The first-order valence-electron chi connectivity index (χ1n) is 7.17. The van der Waals surface area contributed by atoms with Gasteiger partial charge in [-0.05, 0) is 30.0 Å². The number of carbonyl (C=O) groups is 1. The van der Waals surface area contributed by atoms with Gasteiger partial charge in [-0.15, -0.1) is 0 Å². The van der Waals surface area contributed by atoms with Crippen molar-refractivity contribution in [3.05, 3.63) is 39.5 Å². The number of halogens is 2. The summed E-state index contributed by atoms with van der Waals surface area (Å²) in [7, 11) is 0.